The third-order valence-corrected chi connectivity index (χ3v) is 7.43. The summed E-state index contributed by atoms with van der Waals surface area (Å²) in [4.78, 5) is 32.0. The molecule has 7 nitrogen and oxygen atoms in total. The molecule has 0 unspecified atom stereocenters. The van der Waals surface area contributed by atoms with Gasteiger partial charge in [0, 0.05) is 22.9 Å². The van der Waals surface area contributed by atoms with Gasteiger partial charge in [0.25, 0.3) is 0 Å². The van der Waals surface area contributed by atoms with Crippen LogP contribution in [0.15, 0.2) is 23.2 Å². The average molecular weight is 408 g/mol. The number of aromatic nitrogens is 2. The van der Waals surface area contributed by atoms with Gasteiger partial charge in [-0.25, -0.2) is 9.78 Å². The minimum atomic E-state index is -1.11. The van der Waals surface area contributed by atoms with Gasteiger partial charge >= 0.3 is 5.97 Å². The van der Waals surface area contributed by atoms with Crippen LogP contribution >= 0.6 is 23.1 Å². The molecule has 0 spiro atoms. The number of amides is 1. The molecule has 1 amide bonds. The number of nitrogens with zero attached hydrogens (tertiary/aromatic N) is 3. The van der Waals surface area contributed by atoms with Crippen molar-refractivity contribution in [3.8, 4) is 0 Å². The molecule has 2 aromatic heterocycles. The standard InChI is InChI=1S/C18H21N3O4S2/c1-7(2)26-15-17-20(6-19-15)5-10(27-17)11-8(3)13-12(9(4)22)16(23)21(13)14(11)18(24)25/h5-9,12-13,22H,1-4H3,(H,24,25)/t8-,9+,12+,13+/m0/s1. The number of hydrogen-bond acceptors (Lipinski definition) is 6. The lowest BCUT2D eigenvalue weighted by Gasteiger charge is -2.46. The lowest BCUT2D eigenvalue weighted by Crippen LogP contribution is -2.63. The fraction of sp³-hybridized carbons (Fsp3) is 0.500. The summed E-state index contributed by atoms with van der Waals surface area (Å²) >= 11 is 3.16. The first-order valence-electron chi connectivity index (χ1n) is 8.84. The zero-order valence-electron chi connectivity index (χ0n) is 15.4. The van der Waals surface area contributed by atoms with Gasteiger partial charge in [0.2, 0.25) is 5.91 Å². The first kappa shape index (κ1) is 18.5. The number of aliphatic hydroxyl groups is 1. The van der Waals surface area contributed by atoms with Gasteiger partial charge in [-0.1, -0.05) is 20.8 Å². The van der Waals surface area contributed by atoms with Gasteiger partial charge in [0.05, 0.1) is 22.9 Å². The van der Waals surface area contributed by atoms with Crippen LogP contribution in [0.3, 0.4) is 0 Å². The van der Waals surface area contributed by atoms with Gasteiger partial charge in [-0.3, -0.25) is 9.20 Å². The molecule has 0 saturated carbocycles. The van der Waals surface area contributed by atoms with Gasteiger partial charge in [-0.15, -0.1) is 23.1 Å². The number of fused-ring (bicyclic) bond motifs is 2. The molecule has 1 fully saturated rings. The van der Waals surface area contributed by atoms with Crippen molar-refractivity contribution in [2.75, 3.05) is 0 Å². The number of carboxylic acids is 1. The van der Waals surface area contributed by atoms with Crippen LogP contribution in [-0.4, -0.2) is 53.8 Å². The van der Waals surface area contributed by atoms with Crippen molar-refractivity contribution >= 4 is 45.4 Å². The summed E-state index contributed by atoms with van der Waals surface area (Å²) in [7, 11) is 0. The van der Waals surface area contributed by atoms with Crippen LogP contribution in [0.1, 0.15) is 32.6 Å². The highest BCUT2D eigenvalue weighted by Crippen LogP contribution is 2.51. The minimum Gasteiger partial charge on any atom is -0.477 e. The number of thioether (sulfide) groups is 1. The molecule has 9 heteroatoms. The number of carboxylic acid groups (broad SMARTS) is 1. The summed E-state index contributed by atoms with van der Waals surface area (Å²) in [5.74, 6) is -2.13. The Kier molecular flexibility index (Phi) is 4.36. The quantitative estimate of drug-likeness (QED) is 0.584. The van der Waals surface area contributed by atoms with E-state index in [1.165, 1.54) is 16.2 Å². The number of β-lactam (4-membered cyclic amide) rings is 1. The van der Waals surface area contributed by atoms with E-state index in [1.807, 2.05) is 17.5 Å². The molecular formula is C18H21N3O4S2. The Hall–Kier alpha value is -1.84. The highest BCUT2D eigenvalue weighted by atomic mass is 32.2. The predicted octanol–water partition coefficient (Wildman–Crippen LogP) is 2.55. The maximum absolute atomic E-state index is 12.5. The van der Waals surface area contributed by atoms with E-state index in [0.717, 1.165) is 14.7 Å². The summed E-state index contributed by atoms with van der Waals surface area (Å²) < 4.78 is 1.91. The second kappa shape index (κ2) is 6.35. The molecule has 0 bridgehead atoms. The van der Waals surface area contributed by atoms with E-state index in [0.29, 0.717) is 10.8 Å². The summed E-state index contributed by atoms with van der Waals surface area (Å²) in [6.45, 7) is 7.71. The number of hydrogen-bond donors (Lipinski definition) is 2. The Balaban J connectivity index is 1.80. The molecular weight excluding hydrogens is 386 g/mol. The maximum Gasteiger partial charge on any atom is 0.352 e. The third-order valence-electron chi connectivity index (χ3n) is 5.17. The van der Waals surface area contributed by atoms with Crippen LogP contribution in [0.5, 0.6) is 0 Å². The highest BCUT2D eigenvalue weighted by Gasteiger charge is 2.60. The largest absolute Gasteiger partial charge is 0.477 e. The molecule has 144 valence electrons. The monoisotopic (exact) mass is 407 g/mol. The molecule has 4 rings (SSSR count). The molecule has 1 saturated heterocycles. The number of carbonyl (C=O) groups is 2. The van der Waals surface area contributed by atoms with Crippen LogP contribution in [0, 0.1) is 11.8 Å². The molecule has 27 heavy (non-hydrogen) atoms. The second-order valence-electron chi connectivity index (χ2n) is 7.35. The van der Waals surface area contributed by atoms with Gasteiger partial charge in [0.15, 0.2) is 0 Å². The van der Waals surface area contributed by atoms with Crippen LogP contribution in [0.4, 0.5) is 0 Å². The number of carbonyl (C=O) groups excluding carboxylic acids is 1. The predicted molar refractivity (Wildman–Crippen MR) is 104 cm³/mol. The number of imidazole rings is 1. The normalized spacial score (nSPS) is 26.1. The van der Waals surface area contributed by atoms with Crippen LogP contribution < -0.4 is 0 Å². The first-order chi connectivity index (χ1) is 12.7. The topological polar surface area (TPSA) is 95.1 Å². The van der Waals surface area contributed by atoms with Crippen molar-refractivity contribution in [2.45, 2.75) is 50.1 Å². The molecule has 0 aromatic carbocycles. The summed E-state index contributed by atoms with van der Waals surface area (Å²) in [5.41, 5.74) is 0.711. The van der Waals surface area contributed by atoms with Crippen molar-refractivity contribution in [3.05, 3.63) is 23.1 Å². The number of aliphatic hydroxyl groups excluding tert-OH is 1. The lowest BCUT2D eigenvalue weighted by atomic mass is 9.77. The van der Waals surface area contributed by atoms with E-state index in [9.17, 15) is 19.8 Å². The van der Waals surface area contributed by atoms with Gasteiger partial charge in [-0.05, 0) is 6.92 Å². The third kappa shape index (κ3) is 2.63. The highest BCUT2D eigenvalue weighted by molar-refractivity contribution is 8.00. The Morgan fingerprint density at radius 3 is 2.67 bits per heavy atom. The molecule has 2 N–H and O–H groups in total. The summed E-state index contributed by atoms with van der Waals surface area (Å²) in [5, 5.41) is 21.1. The molecule has 4 atom stereocenters. The number of thiazole rings is 1. The smallest absolute Gasteiger partial charge is 0.352 e. The summed E-state index contributed by atoms with van der Waals surface area (Å²) in [6.07, 6.45) is 2.83. The molecule has 2 aliphatic rings. The van der Waals surface area contributed by atoms with E-state index in [4.69, 9.17) is 0 Å². The molecule has 0 aliphatic carbocycles. The summed E-state index contributed by atoms with van der Waals surface area (Å²) in [6, 6.07) is -0.303. The Morgan fingerprint density at radius 2 is 2.07 bits per heavy atom. The van der Waals surface area contributed by atoms with Crippen LogP contribution in [0.25, 0.3) is 10.4 Å². The van der Waals surface area contributed by atoms with Crippen LogP contribution in [-0.2, 0) is 9.59 Å². The Labute approximate surface area is 164 Å². The van der Waals surface area contributed by atoms with E-state index >= 15 is 0 Å². The van der Waals surface area contributed by atoms with E-state index in [2.05, 4.69) is 18.8 Å². The van der Waals surface area contributed by atoms with Crippen molar-refractivity contribution in [1.29, 1.82) is 0 Å². The SMILES string of the molecule is CC(C)Sc1ncn2cc(C3=C(C(=O)O)N4C(=O)[C@H]([C@@H](C)O)[C@H]4[C@H]3C)sc12. The lowest BCUT2D eigenvalue weighted by molar-refractivity contribution is -0.163. The van der Waals surface area contributed by atoms with E-state index in [-0.39, 0.29) is 23.6 Å². The molecule has 4 heterocycles. The van der Waals surface area contributed by atoms with Gasteiger partial charge in [0.1, 0.15) is 21.9 Å². The zero-order chi connectivity index (χ0) is 19.6. The van der Waals surface area contributed by atoms with Crippen molar-refractivity contribution in [3.63, 3.8) is 0 Å². The van der Waals surface area contributed by atoms with Crippen LogP contribution in [0.2, 0.25) is 0 Å². The average Bonchev–Trinajstić information content (AvgIpc) is 3.18. The maximum atomic E-state index is 12.5. The van der Waals surface area contributed by atoms with Gasteiger partial charge < -0.3 is 15.1 Å². The Bertz CT molecular complexity index is 975. The number of rotatable bonds is 5. The van der Waals surface area contributed by atoms with Crippen molar-refractivity contribution in [2.24, 2.45) is 11.8 Å². The molecule has 2 aromatic rings. The Morgan fingerprint density at radius 1 is 1.37 bits per heavy atom. The fourth-order valence-electron chi connectivity index (χ4n) is 4.10. The van der Waals surface area contributed by atoms with Crippen molar-refractivity contribution in [1.82, 2.24) is 14.3 Å². The fourth-order valence-corrected chi connectivity index (χ4v) is 6.24. The second-order valence-corrected chi connectivity index (χ2v) is 9.94. The van der Waals surface area contributed by atoms with E-state index < -0.39 is 18.0 Å². The molecule has 0 radical (unpaired) electrons. The van der Waals surface area contributed by atoms with Crippen molar-refractivity contribution < 1.29 is 19.8 Å². The zero-order valence-corrected chi connectivity index (χ0v) is 17.0. The minimum absolute atomic E-state index is 0.0462. The number of aliphatic carboxylic acids is 1. The first-order valence-corrected chi connectivity index (χ1v) is 10.5. The van der Waals surface area contributed by atoms with E-state index in [1.54, 1.807) is 25.0 Å². The molecule has 2 aliphatic heterocycles. The van der Waals surface area contributed by atoms with Gasteiger partial charge in [-0.2, -0.15) is 0 Å².